The van der Waals surface area contributed by atoms with Gasteiger partial charge in [0.2, 0.25) is 0 Å². The number of nitrogens with zero attached hydrogens (tertiary/aromatic N) is 5. The Morgan fingerprint density at radius 2 is 1.92 bits per heavy atom. The van der Waals surface area contributed by atoms with Crippen LogP contribution in [0.5, 0.6) is 11.5 Å². The number of tetrazole rings is 1. The SMILES string of the molecule is COCCCN1CCOc2ccc(COC3CNC(CC(OC(=O)OCCCCCON(O)O)c4nnn[nH]4)CC3c3ccc(OC)cc3)cc21. The number of benzene rings is 2. The first-order valence-electron chi connectivity index (χ1n) is 17.3. The highest BCUT2D eigenvalue weighted by atomic mass is 17.1. The van der Waals surface area contributed by atoms with Gasteiger partial charge in [0.05, 0.1) is 50.7 Å². The number of aromatic nitrogens is 4. The van der Waals surface area contributed by atoms with E-state index in [9.17, 15) is 4.79 Å². The smallest absolute Gasteiger partial charge is 0.497 e. The molecule has 4 atom stereocenters. The number of hydrogen-bond acceptors (Lipinski definition) is 16. The maximum Gasteiger partial charge on any atom is 0.508 e. The fourth-order valence-electron chi connectivity index (χ4n) is 6.38. The molecule has 3 aromatic rings. The van der Waals surface area contributed by atoms with Gasteiger partial charge in [0.25, 0.3) is 0 Å². The lowest BCUT2D eigenvalue weighted by Gasteiger charge is -2.38. The van der Waals surface area contributed by atoms with Crippen LogP contribution in [0.3, 0.4) is 0 Å². The second-order valence-electron chi connectivity index (χ2n) is 12.4. The van der Waals surface area contributed by atoms with Crippen LogP contribution in [0.2, 0.25) is 0 Å². The van der Waals surface area contributed by atoms with Gasteiger partial charge < -0.3 is 38.6 Å². The summed E-state index contributed by atoms with van der Waals surface area (Å²) >= 11 is 0. The molecule has 2 aromatic carbocycles. The summed E-state index contributed by atoms with van der Waals surface area (Å²) in [6, 6.07) is 14.2. The molecule has 2 aliphatic rings. The summed E-state index contributed by atoms with van der Waals surface area (Å²) in [4.78, 5) is 19.5. The Balaban J connectivity index is 1.21. The van der Waals surface area contributed by atoms with Crippen LogP contribution in [0, 0.1) is 0 Å². The molecule has 1 fully saturated rings. The van der Waals surface area contributed by atoms with Gasteiger partial charge in [0.15, 0.2) is 11.9 Å². The zero-order valence-corrected chi connectivity index (χ0v) is 29.1. The number of anilines is 1. The zero-order chi connectivity index (χ0) is 35.8. The number of piperidine rings is 1. The standard InChI is InChI=1S/C34H49N7O10/c1-45-15-6-13-40-14-18-47-30-12-7-24(19-29(30)40)23-49-32-22-35-26(20-28(32)25-8-10-27(46-2)11-9-25)21-31(33-36-38-39-37-33)51-34(42)48-16-4-3-5-17-50-41(43)44/h7-12,19,26,28,31-32,35,43-44H,3-6,13-18,20-23H2,1-2H3,(H,36,37,38,39). The number of hydrogen-bond donors (Lipinski definition) is 4. The van der Waals surface area contributed by atoms with Gasteiger partial charge in [-0.05, 0) is 77.9 Å². The van der Waals surface area contributed by atoms with Gasteiger partial charge >= 0.3 is 6.16 Å². The maximum atomic E-state index is 12.7. The third kappa shape index (κ3) is 11.7. The van der Waals surface area contributed by atoms with Crippen molar-refractivity contribution in [1.82, 2.24) is 31.3 Å². The molecule has 1 aromatic heterocycles. The highest BCUT2D eigenvalue weighted by Crippen LogP contribution is 2.36. The van der Waals surface area contributed by atoms with Crippen molar-refractivity contribution < 1.29 is 48.5 Å². The third-order valence-corrected chi connectivity index (χ3v) is 8.98. The van der Waals surface area contributed by atoms with Gasteiger partial charge in [-0.1, -0.05) is 18.2 Å². The number of fused-ring (bicyclic) bond motifs is 1. The second-order valence-corrected chi connectivity index (χ2v) is 12.4. The maximum absolute atomic E-state index is 12.7. The summed E-state index contributed by atoms with van der Waals surface area (Å²) in [5.74, 6) is 2.00. The molecule has 280 valence electrons. The number of ether oxygens (including phenoxy) is 6. The molecule has 0 bridgehead atoms. The Labute approximate surface area is 296 Å². The van der Waals surface area contributed by atoms with Crippen molar-refractivity contribution in [1.29, 1.82) is 0 Å². The number of methoxy groups -OCH3 is 2. The normalized spacial score (nSPS) is 19.3. The lowest BCUT2D eigenvalue weighted by molar-refractivity contribution is -0.492. The molecule has 0 spiro atoms. The molecule has 0 radical (unpaired) electrons. The Morgan fingerprint density at radius 1 is 1.08 bits per heavy atom. The number of carbonyl (C=O) groups excluding carboxylic acids is 1. The molecule has 0 amide bonds. The van der Waals surface area contributed by atoms with Gasteiger partial charge in [0.1, 0.15) is 18.1 Å². The molecule has 0 saturated carbocycles. The van der Waals surface area contributed by atoms with Gasteiger partial charge in [-0.25, -0.2) is 9.89 Å². The number of aromatic amines is 1. The predicted molar refractivity (Wildman–Crippen MR) is 181 cm³/mol. The highest BCUT2D eigenvalue weighted by Gasteiger charge is 2.35. The molecule has 51 heavy (non-hydrogen) atoms. The minimum Gasteiger partial charge on any atom is -0.497 e. The Bertz CT molecular complexity index is 1450. The van der Waals surface area contributed by atoms with Gasteiger partial charge in [0, 0.05) is 45.2 Å². The third-order valence-electron chi connectivity index (χ3n) is 8.98. The fourth-order valence-corrected chi connectivity index (χ4v) is 6.38. The molecular weight excluding hydrogens is 666 g/mol. The first-order chi connectivity index (χ1) is 24.9. The molecule has 17 nitrogen and oxygen atoms in total. The number of nitrogens with one attached hydrogen (secondary N) is 2. The van der Waals surface area contributed by atoms with E-state index in [1.54, 1.807) is 14.2 Å². The summed E-state index contributed by atoms with van der Waals surface area (Å²) in [6.45, 7) is 4.33. The van der Waals surface area contributed by atoms with E-state index in [0.717, 1.165) is 47.8 Å². The average molecular weight is 716 g/mol. The van der Waals surface area contributed by atoms with Crippen LogP contribution in [-0.4, -0.2) is 115 Å². The predicted octanol–water partition coefficient (Wildman–Crippen LogP) is 3.94. The van der Waals surface area contributed by atoms with Crippen LogP contribution in [0.15, 0.2) is 42.5 Å². The van der Waals surface area contributed by atoms with Crippen molar-refractivity contribution >= 4 is 11.8 Å². The molecule has 4 unspecified atom stereocenters. The van der Waals surface area contributed by atoms with Crippen LogP contribution >= 0.6 is 0 Å². The van der Waals surface area contributed by atoms with E-state index in [4.69, 9.17) is 38.8 Å². The number of carbonyl (C=O) groups is 1. The van der Waals surface area contributed by atoms with E-state index >= 15 is 0 Å². The molecule has 2 aliphatic heterocycles. The molecule has 5 rings (SSSR count). The molecular formula is C34H49N7O10. The van der Waals surface area contributed by atoms with Crippen LogP contribution in [0.4, 0.5) is 10.5 Å². The largest absolute Gasteiger partial charge is 0.508 e. The van der Waals surface area contributed by atoms with E-state index in [1.165, 1.54) is 0 Å². The van der Waals surface area contributed by atoms with Crippen LogP contribution in [-0.2, 0) is 30.4 Å². The Morgan fingerprint density at radius 3 is 2.69 bits per heavy atom. The van der Waals surface area contributed by atoms with Gasteiger partial charge in [-0.2, -0.15) is 0 Å². The number of unbranched alkanes of at least 4 members (excludes halogenated alkanes) is 2. The van der Waals surface area contributed by atoms with Crippen LogP contribution in [0.1, 0.15) is 67.5 Å². The first kappa shape index (κ1) is 38.1. The summed E-state index contributed by atoms with van der Waals surface area (Å²) in [7, 11) is 3.37. The minimum absolute atomic E-state index is 0.0295. The van der Waals surface area contributed by atoms with E-state index in [0.29, 0.717) is 64.3 Å². The quantitative estimate of drug-likeness (QED) is 0.0745. The number of H-pyrrole nitrogens is 1. The summed E-state index contributed by atoms with van der Waals surface area (Å²) in [6.07, 6.45) is 2.01. The van der Waals surface area contributed by atoms with Crippen molar-refractivity contribution in [2.75, 3.05) is 65.2 Å². The lowest BCUT2D eigenvalue weighted by Crippen LogP contribution is -2.47. The van der Waals surface area contributed by atoms with E-state index < -0.39 is 12.3 Å². The van der Waals surface area contributed by atoms with Crippen LogP contribution in [0.25, 0.3) is 0 Å². The lowest BCUT2D eigenvalue weighted by atomic mass is 9.82. The van der Waals surface area contributed by atoms with E-state index in [-0.39, 0.29) is 36.7 Å². The summed E-state index contributed by atoms with van der Waals surface area (Å²) in [5, 5.41) is 34.6. The van der Waals surface area contributed by atoms with E-state index in [2.05, 4.69) is 59.9 Å². The van der Waals surface area contributed by atoms with Gasteiger partial charge in [-0.3, -0.25) is 15.3 Å². The van der Waals surface area contributed by atoms with Crippen molar-refractivity contribution in [2.24, 2.45) is 0 Å². The average Bonchev–Trinajstić information content (AvgIpc) is 3.69. The van der Waals surface area contributed by atoms with E-state index in [1.807, 2.05) is 18.2 Å². The Kier molecular flexibility index (Phi) is 15.0. The first-order valence-corrected chi connectivity index (χ1v) is 17.3. The monoisotopic (exact) mass is 715 g/mol. The second kappa shape index (κ2) is 20.1. The molecule has 1 saturated heterocycles. The van der Waals surface area contributed by atoms with Gasteiger partial charge in [-0.15, -0.1) is 5.10 Å². The topological polar surface area (TPSA) is 195 Å². The summed E-state index contributed by atoms with van der Waals surface area (Å²) in [5.41, 5.74) is 3.25. The van der Waals surface area contributed by atoms with Crippen LogP contribution < -0.4 is 19.7 Å². The van der Waals surface area contributed by atoms with Crippen molar-refractivity contribution in [3.8, 4) is 11.5 Å². The zero-order valence-electron chi connectivity index (χ0n) is 29.1. The van der Waals surface area contributed by atoms with Crippen molar-refractivity contribution in [2.45, 2.75) is 69.3 Å². The molecule has 0 aliphatic carbocycles. The molecule has 17 heteroatoms. The van der Waals surface area contributed by atoms with Crippen molar-refractivity contribution in [3.05, 3.63) is 59.4 Å². The minimum atomic E-state index is -0.832. The fraction of sp³-hybridized carbons (Fsp3) is 0.588. The van der Waals surface area contributed by atoms with Crippen molar-refractivity contribution in [3.63, 3.8) is 0 Å². The molecule has 3 heterocycles. The molecule has 4 N–H and O–H groups in total. The Hall–Kier alpha value is -4.10. The highest BCUT2D eigenvalue weighted by molar-refractivity contribution is 5.61. The number of rotatable bonds is 20. The summed E-state index contributed by atoms with van der Waals surface area (Å²) < 4.78 is 34.3.